The van der Waals surface area contributed by atoms with E-state index in [0.29, 0.717) is 12.8 Å². The van der Waals surface area contributed by atoms with Crippen LogP contribution in [0.15, 0.2) is 134 Å². The maximum absolute atomic E-state index is 12.3. The number of carboxylic acid groups (broad SMARTS) is 1. The number of unbranched alkanes of at least 4 members (excludes halogenated alkanes) is 7. The smallest absolute Gasteiger partial charge is 0.472 e. The number of hydrogen-bond acceptors (Lipinski definition) is 8. The first kappa shape index (κ1) is 61.6. The van der Waals surface area contributed by atoms with Gasteiger partial charge in [-0.2, -0.15) is 0 Å². The molecule has 12 heteroatoms. The number of phosphoric acid groups is 1. The number of esters is 1. The largest absolute Gasteiger partial charge is 0.480 e. The number of ether oxygens (including phenoxy) is 1. The number of rotatable bonds is 43. The molecule has 0 radical (unpaired) electrons. The Morgan fingerprint density at radius 2 is 0.833 bits per heavy atom. The van der Waals surface area contributed by atoms with Crippen molar-refractivity contribution in [3.8, 4) is 0 Å². The topological polar surface area (TPSA) is 169 Å². The summed E-state index contributed by atoms with van der Waals surface area (Å²) in [5.74, 6) is -2.47. The molecule has 0 aliphatic carbocycles. The molecule has 370 valence electrons. The van der Waals surface area contributed by atoms with Crippen molar-refractivity contribution >= 4 is 25.7 Å². The standard InChI is InChI=1S/C54H84NO10P/c1-3-5-7-9-11-13-15-17-19-21-23-24-25-26-28-30-32-34-36-38-40-42-44-46-53(58)63-47-50(56)48-64-66(61,62)65-49-51(54(59)60)55-52(57)45-43-41-39-37-35-33-31-29-27-22-20-18-16-14-12-10-8-6-4-2/h5-8,11-14,17-20,23-24,26-29,32-35,50-51,56H,3-4,9-10,15-16,21-22,25,30-31,36-49H2,1-2H3,(H,55,57)(H,59,60)(H,61,62)/b7-5-,8-6-,13-11-,14-12-,19-17-,20-18-,24-23-,28-26-,29-27-,34-32-,35-33-. The molecular weight excluding hydrogens is 854 g/mol. The number of amides is 1. The third kappa shape index (κ3) is 46.2. The molecule has 66 heavy (non-hydrogen) atoms. The average Bonchev–Trinajstić information content (AvgIpc) is 3.29. The molecule has 1 amide bonds. The minimum atomic E-state index is -4.79. The van der Waals surface area contributed by atoms with Crippen LogP contribution >= 0.6 is 7.82 Å². The van der Waals surface area contributed by atoms with Crippen molar-refractivity contribution in [2.24, 2.45) is 0 Å². The summed E-state index contributed by atoms with van der Waals surface area (Å²) in [5, 5.41) is 21.9. The molecule has 0 aromatic rings. The van der Waals surface area contributed by atoms with Gasteiger partial charge in [0.25, 0.3) is 0 Å². The number of aliphatic hydroxyl groups is 1. The van der Waals surface area contributed by atoms with Crippen LogP contribution in [-0.2, 0) is 32.7 Å². The number of aliphatic hydroxyl groups excluding tert-OH is 1. The summed E-state index contributed by atoms with van der Waals surface area (Å²) in [6.45, 7) is 2.30. The molecule has 0 heterocycles. The van der Waals surface area contributed by atoms with E-state index >= 15 is 0 Å². The highest BCUT2D eigenvalue weighted by Crippen LogP contribution is 2.43. The molecule has 11 nitrogen and oxygen atoms in total. The van der Waals surface area contributed by atoms with E-state index in [1.807, 2.05) is 0 Å². The van der Waals surface area contributed by atoms with Crippen molar-refractivity contribution in [2.45, 2.75) is 167 Å². The third-order valence-corrected chi connectivity index (χ3v) is 10.4. The summed E-state index contributed by atoms with van der Waals surface area (Å²) >= 11 is 0. The van der Waals surface area contributed by atoms with Crippen molar-refractivity contribution < 1.29 is 47.8 Å². The molecule has 0 bridgehead atoms. The van der Waals surface area contributed by atoms with E-state index < -0.39 is 57.6 Å². The van der Waals surface area contributed by atoms with Gasteiger partial charge in [0.2, 0.25) is 5.91 Å². The van der Waals surface area contributed by atoms with Gasteiger partial charge in [0, 0.05) is 12.8 Å². The second-order valence-corrected chi connectivity index (χ2v) is 17.0. The van der Waals surface area contributed by atoms with Crippen molar-refractivity contribution in [2.75, 3.05) is 19.8 Å². The number of aliphatic carboxylic acids is 1. The fourth-order valence-electron chi connectivity index (χ4n) is 5.75. The zero-order valence-corrected chi connectivity index (χ0v) is 41.1. The summed E-state index contributed by atoms with van der Waals surface area (Å²) in [7, 11) is -4.79. The van der Waals surface area contributed by atoms with Gasteiger partial charge in [0.15, 0.2) is 6.04 Å². The molecule has 4 N–H and O–H groups in total. The SMILES string of the molecule is CC/C=C\C/C=C\C/C=C\C/C=C\C/C=C\C/C=C\CCCCCCC(=O)OCC(O)COP(=O)(O)OCC(NC(=O)CCCCC/C=C\C/C=C\C/C=C\C/C=C\C/C=C\CC)C(=O)O. The molecule has 0 aliphatic heterocycles. The summed E-state index contributed by atoms with van der Waals surface area (Å²) in [5.41, 5.74) is 0. The first-order valence-electron chi connectivity index (χ1n) is 24.2. The number of allylic oxidation sites excluding steroid dienone is 22. The highest BCUT2D eigenvalue weighted by Gasteiger charge is 2.28. The Balaban J connectivity index is 3.99. The van der Waals surface area contributed by atoms with Gasteiger partial charge >= 0.3 is 19.8 Å². The Morgan fingerprint density at radius 3 is 1.24 bits per heavy atom. The van der Waals surface area contributed by atoms with E-state index in [4.69, 9.17) is 13.8 Å². The Kier molecular flexibility index (Phi) is 44.0. The van der Waals surface area contributed by atoms with Crippen LogP contribution in [0.2, 0.25) is 0 Å². The Hall–Kier alpha value is -4.38. The quantitative estimate of drug-likeness (QED) is 0.0200. The highest BCUT2D eigenvalue weighted by atomic mass is 31.2. The monoisotopic (exact) mass is 938 g/mol. The van der Waals surface area contributed by atoms with Gasteiger partial charge in [-0.15, -0.1) is 0 Å². The van der Waals surface area contributed by atoms with Crippen molar-refractivity contribution in [1.29, 1.82) is 0 Å². The number of phosphoric ester groups is 1. The molecule has 0 saturated heterocycles. The van der Waals surface area contributed by atoms with Crippen LogP contribution in [0.3, 0.4) is 0 Å². The Labute approximate surface area is 398 Å². The van der Waals surface area contributed by atoms with E-state index in [9.17, 15) is 34.1 Å². The molecule has 0 saturated carbocycles. The molecule has 0 rings (SSSR count). The second kappa shape index (κ2) is 47.1. The molecule has 0 aromatic carbocycles. The minimum absolute atomic E-state index is 0.0959. The van der Waals surface area contributed by atoms with Crippen LogP contribution in [0.1, 0.15) is 155 Å². The summed E-state index contributed by atoms with van der Waals surface area (Å²) in [4.78, 5) is 46.1. The summed E-state index contributed by atoms with van der Waals surface area (Å²) in [6, 6.07) is -1.58. The number of hydrogen-bond donors (Lipinski definition) is 4. The molecule has 3 unspecified atom stereocenters. The third-order valence-electron chi connectivity index (χ3n) is 9.43. The normalized spacial score (nSPS) is 14.7. The van der Waals surface area contributed by atoms with E-state index in [1.54, 1.807) is 0 Å². The van der Waals surface area contributed by atoms with Crippen LogP contribution in [0.25, 0.3) is 0 Å². The van der Waals surface area contributed by atoms with Gasteiger partial charge in [-0.3, -0.25) is 18.6 Å². The zero-order valence-electron chi connectivity index (χ0n) is 40.2. The van der Waals surface area contributed by atoms with Crippen molar-refractivity contribution in [3.05, 3.63) is 134 Å². The minimum Gasteiger partial charge on any atom is -0.480 e. The van der Waals surface area contributed by atoms with E-state index in [0.717, 1.165) is 116 Å². The number of carboxylic acids is 1. The molecular formula is C54H84NO10P. The van der Waals surface area contributed by atoms with Gasteiger partial charge in [0.1, 0.15) is 12.7 Å². The lowest BCUT2D eigenvalue weighted by atomic mass is 10.1. The maximum atomic E-state index is 12.3. The molecule has 0 aromatic heterocycles. The van der Waals surface area contributed by atoms with Crippen LogP contribution < -0.4 is 5.32 Å². The Bertz CT molecular complexity index is 1620. The van der Waals surface area contributed by atoms with Gasteiger partial charge < -0.3 is 25.2 Å². The number of nitrogens with one attached hydrogen (secondary N) is 1. The van der Waals surface area contributed by atoms with Gasteiger partial charge in [0.05, 0.1) is 13.2 Å². The number of carbonyl (C=O) groups excluding carboxylic acids is 2. The van der Waals surface area contributed by atoms with Crippen molar-refractivity contribution in [1.82, 2.24) is 5.32 Å². The summed E-state index contributed by atoms with van der Waals surface area (Å²) in [6.07, 6.45) is 64.7. The zero-order chi connectivity index (χ0) is 48.4. The Morgan fingerprint density at radius 1 is 0.485 bits per heavy atom. The van der Waals surface area contributed by atoms with Crippen LogP contribution in [0, 0.1) is 0 Å². The number of carbonyl (C=O) groups is 3. The molecule has 0 spiro atoms. The van der Waals surface area contributed by atoms with Crippen LogP contribution in [0.4, 0.5) is 0 Å². The molecule has 3 atom stereocenters. The van der Waals surface area contributed by atoms with E-state index in [2.05, 4.69) is 153 Å². The van der Waals surface area contributed by atoms with Crippen LogP contribution in [0.5, 0.6) is 0 Å². The van der Waals surface area contributed by atoms with Gasteiger partial charge in [-0.05, 0) is 109 Å². The maximum Gasteiger partial charge on any atom is 0.472 e. The van der Waals surface area contributed by atoms with E-state index in [-0.39, 0.29) is 12.8 Å². The fraction of sp³-hybridized carbons (Fsp3) is 0.537. The van der Waals surface area contributed by atoms with Gasteiger partial charge in [-0.1, -0.05) is 167 Å². The summed E-state index contributed by atoms with van der Waals surface area (Å²) < 4.78 is 26.9. The predicted octanol–water partition coefficient (Wildman–Crippen LogP) is 13.3. The lowest BCUT2D eigenvalue weighted by Crippen LogP contribution is -2.43. The van der Waals surface area contributed by atoms with Crippen LogP contribution in [-0.4, -0.2) is 64.9 Å². The van der Waals surface area contributed by atoms with Crippen molar-refractivity contribution in [3.63, 3.8) is 0 Å². The lowest BCUT2D eigenvalue weighted by Gasteiger charge is -2.18. The highest BCUT2D eigenvalue weighted by molar-refractivity contribution is 7.47. The average molecular weight is 938 g/mol. The first-order valence-corrected chi connectivity index (χ1v) is 25.7. The fourth-order valence-corrected chi connectivity index (χ4v) is 6.53. The lowest BCUT2D eigenvalue weighted by molar-refractivity contribution is -0.147. The molecule has 0 fully saturated rings. The first-order chi connectivity index (χ1) is 32.1. The van der Waals surface area contributed by atoms with Gasteiger partial charge in [-0.25, -0.2) is 9.36 Å². The second-order valence-electron chi connectivity index (χ2n) is 15.5. The van der Waals surface area contributed by atoms with E-state index in [1.165, 1.54) is 0 Å². The molecule has 0 aliphatic rings. The predicted molar refractivity (Wildman–Crippen MR) is 272 cm³/mol.